The Morgan fingerprint density at radius 2 is 1.48 bits per heavy atom. The van der Waals surface area contributed by atoms with E-state index in [2.05, 4.69) is 0 Å². The normalized spacial score (nSPS) is 11.4. The first-order valence-corrected chi connectivity index (χ1v) is 9.46. The zero-order valence-electron chi connectivity index (χ0n) is 15.3. The number of esters is 1. The van der Waals surface area contributed by atoms with Crippen molar-refractivity contribution in [2.24, 2.45) is 0 Å². The topological polar surface area (TPSA) is 52.6 Å². The summed E-state index contributed by atoms with van der Waals surface area (Å²) in [5.74, 6) is -0.534. The van der Waals surface area contributed by atoms with E-state index in [1.807, 2.05) is 0 Å². The summed E-state index contributed by atoms with van der Waals surface area (Å²) in [6.45, 7) is 3.76. The zero-order chi connectivity index (χ0) is 19.9. The van der Waals surface area contributed by atoms with Gasteiger partial charge in [0.25, 0.3) is 0 Å². The summed E-state index contributed by atoms with van der Waals surface area (Å²) in [7, 11) is 0. The van der Waals surface area contributed by atoms with Crippen molar-refractivity contribution in [2.75, 3.05) is 6.61 Å². The molecule has 0 spiro atoms. The van der Waals surface area contributed by atoms with Gasteiger partial charge in [0, 0.05) is 23.1 Å². The van der Waals surface area contributed by atoms with E-state index >= 15 is 0 Å². The average molecular weight is 409 g/mol. The first-order valence-electron chi connectivity index (χ1n) is 8.71. The van der Waals surface area contributed by atoms with Crippen LogP contribution in [0.5, 0.6) is 0 Å². The van der Waals surface area contributed by atoms with Crippen LogP contribution in [-0.4, -0.2) is 25.0 Å². The predicted octanol–water partition coefficient (Wildman–Crippen LogP) is 5.18. The molecule has 0 aliphatic heterocycles. The number of carbonyl (C=O) groups excluding carboxylic acids is 2. The minimum absolute atomic E-state index is 0.206. The third kappa shape index (κ3) is 5.32. The van der Waals surface area contributed by atoms with Crippen LogP contribution in [0.4, 0.5) is 0 Å². The van der Waals surface area contributed by atoms with E-state index in [1.54, 1.807) is 62.4 Å². The summed E-state index contributed by atoms with van der Waals surface area (Å²) >= 11 is 12.0. The molecule has 0 saturated carbocycles. The summed E-state index contributed by atoms with van der Waals surface area (Å²) in [5, 5.41) is 1.09. The van der Waals surface area contributed by atoms with Gasteiger partial charge >= 0.3 is 5.97 Å². The Morgan fingerprint density at radius 3 is 1.89 bits per heavy atom. The largest absolute Gasteiger partial charge is 0.460 e. The van der Waals surface area contributed by atoms with Gasteiger partial charge in [0.2, 0.25) is 5.60 Å². The van der Waals surface area contributed by atoms with E-state index < -0.39 is 11.6 Å². The Kier molecular flexibility index (Phi) is 7.84. The SMILES string of the molecule is CC(C)OC(=O)C(OCCCC=O)(c1ccc(Cl)cc1)c1ccc(Cl)cc1. The zero-order valence-corrected chi connectivity index (χ0v) is 16.8. The van der Waals surface area contributed by atoms with E-state index in [1.165, 1.54) is 0 Å². The van der Waals surface area contributed by atoms with Gasteiger partial charge in [-0.2, -0.15) is 0 Å². The molecule has 0 aliphatic rings. The molecule has 0 unspecified atom stereocenters. The highest BCUT2D eigenvalue weighted by atomic mass is 35.5. The van der Waals surface area contributed by atoms with Crippen LogP contribution in [0.3, 0.4) is 0 Å². The Balaban J connectivity index is 2.58. The highest BCUT2D eigenvalue weighted by Crippen LogP contribution is 2.37. The van der Waals surface area contributed by atoms with Gasteiger partial charge in [-0.05, 0) is 55.7 Å². The second-order valence-electron chi connectivity index (χ2n) is 6.31. The number of ether oxygens (including phenoxy) is 2. The first kappa shape index (κ1) is 21.4. The van der Waals surface area contributed by atoms with Crippen LogP contribution in [-0.2, 0) is 24.7 Å². The van der Waals surface area contributed by atoms with Crippen molar-refractivity contribution in [1.29, 1.82) is 0 Å². The number of hydrogen-bond acceptors (Lipinski definition) is 4. The van der Waals surface area contributed by atoms with E-state index in [4.69, 9.17) is 32.7 Å². The summed E-state index contributed by atoms with van der Waals surface area (Å²) in [6, 6.07) is 13.7. The summed E-state index contributed by atoms with van der Waals surface area (Å²) in [4.78, 5) is 23.9. The Morgan fingerprint density at radius 1 is 1.00 bits per heavy atom. The van der Waals surface area contributed by atoms with Crippen molar-refractivity contribution < 1.29 is 19.1 Å². The lowest BCUT2D eigenvalue weighted by molar-refractivity contribution is -0.172. The molecule has 2 rings (SSSR count). The van der Waals surface area contributed by atoms with E-state index in [0.717, 1.165) is 6.29 Å². The van der Waals surface area contributed by atoms with Crippen LogP contribution in [0, 0.1) is 0 Å². The van der Waals surface area contributed by atoms with Crippen LogP contribution < -0.4 is 0 Å². The maximum Gasteiger partial charge on any atom is 0.348 e. The van der Waals surface area contributed by atoms with Gasteiger partial charge in [0.05, 0.1) is 6.10 Å². The highest BCUT2D eigenvalue weighted by molar-refractivity contribution is 6.30. The number of unbranched alkanes of at least 4 members (excludes halogenated alkanes) is 1. The number of hydrogen-bond donors (Lipinski definition) is 0. The lowest BCUT2D eigenvalue weighted by atomic mass is 9.85. The predicted molar refractivity (Wildman–Crippen MR) is 106 cm³/mol. The second-order valence-corrected chi connectivity index (χ2v) is 7.18. The fraction of sp³-hybridized carbons (Fsp3) is 0.333. The molecule has 144 valence electrons. The smallest absolute Gasteiger partial charge is 0.348 e. The molecule has 0 amide bonds. The van der Waals surface area contributed by atoms with Crippen LogP contribution in [0.25, 0.3) is 0 Å². The molecule has 0 saturated heterocycles. The Labute approximate surface area is 169 Å². The molecular weight excluding hydrogens is 387 g/mol. The van der Waals surface area contributed by atoms with Gasteiger partial charge in [-0.3, -0.25) is 0 Å². The number of aldehydes is 1. The van der Waals surface area contributed by atoms with Gasteiger partial charge in [0.15, 0.2) is 0 Å². The molecule has 0 aliphatic carbocycles. The molecule has 0 N–H and O–H groups in total. The van der Waals surface area contributed by atoms with Gasteiger partial charge in [0.1, 0.15) is 6.29 Å². The minimum Gasteiger partial charge on any atom is -0.460 e. The van der Waals surface area contributed by atoms with E-state index in [-0.39, 0.29) is 12.7 Å². The fourth-order valence-corrected chi connectivity index (χ4v) is 2.94. The number of halogens is 2. The number of benzene rings is 2. The molecule has 0 fully saturated rings. The lowest BCUT2D eigenvalue weighted by Gasteiger charge is -2.33. The van der Waals surface area contributed by atoms with Crippen LogP contribution in [0.2, 0.25) is 10.0 Å². The quantitative estimate of drug-likeness (QED) is 0.325. The molecule has 0 aromatic heterocycles. The first-order chi connectivity index (χ1) is 12.9. The molecule has 0 radical (unpaired) electrons. The maximum atomic E-state index is 13.2. The van der Waals surface area contributed by atoms with Crippen molar-refractivity contribution in [3.63, 3.8) is 0 Å². The molecule has 27 heavy (non-hydrogen) atoms. The van der Waals surface area contributed by atoms with Crippen molar-refractivity contribution in [3.8, 4) is 0 Å². The monoisotopic (exact) mass is 408 g/mol. The third-order valence-electron chi connectivity index (χ3n) is 3.92. The molecule has 2 aromatic carbocycles. The van der Waals surface area contributed by atoms with Crippen LogP contribution in [0.1, 0.15) is 37.8 Å². The molecule has 4 nitrogen and oxygen atoms in total. The van der Waals surface area contributed by atoms with Crippen molar-refractivity contribution in [2.45, 2.75) is 38.4 Å². The molecular formula is C21H22Cl2O4. The van der Waals surface area contributed by atoms with Crippen molar-refractivity contribution in [1.82, 2.24) is 0 Å². The fourth-order valence-electron chi connectivity index (χ4n) is 2.69. The van der Waals surface area contributed by atoms with Crippen LogP contribution in [0.15, 0.2) is 48.5 Å². The molecule has 6 heteroatoms. The van der Waals surface area contributed by atoms with Gasteiger partial charge < -0.3 is 14.3 Å². The average Bonchev–Trinajstić information content (AvgIpc) is 2.63. The van der Waals surface area contributed by atoms with E-state index in [0.29, 0.717) is 34.0 Å². The Bertz CT molecular complexity index is 709. The van der Waals surface area contributed by atoms with Crippen molar-refractivity contribution in [3.05, 3.63) is 69.7 Å². The standard InChI is InChI=1S/C21H22Cl2O4/c1-15(2)27-20(25)21(26-14-4-3-13-24,16-5-9-18(22)10-6-16)17-7-11-19(23)12-8-17/h5-13,15H,3-4,14H2,1-2H3. The third-order valence-corrected chi connectivity index (χ3v) is 4.42. The van der Waals surface area contributed by atoms with Crippen LogP contribution >= 0.6 is 23.2 Å². The molecule has 0 heterocycles. The van der Waals surface area contributed by atoms with Gasteiger partial charge in [-0.15, -0.1) is 0 Å². The summed E-state index contributed by atoms with van der Waals surface area (Å²) in [5.41, 5.74) is -0.306. The summed E-state index contributed by atoms with van der Waals surface area (Å²) in [6.07, 6.45) is 1.33. The minimum atomic E-state index is -1.48. The molecule has 0 bridgehead atoms. The number of rotatable bonds is 9. The lowest BCUT2D eigenvalue weighted by Crippen LogP contribution is -2.42. The second kappa shape index (κ2) is 9.88. The van der Waals surface area contributed by atoms with E-state index in [9.17, 15) is 9.59 Å². The Hall–Kier alpha value is -1.88. The highest BCUT2D eigenvalue weighted by Gasteiger charge is 2.45. The maximum absolute atomic E-state index is 13.2. The van der Waals surface area contributed by atoms with Gasteiger partial charge in [-0.1, -0.05) is 47.5 Å². The molecule has 0 atom stereocenters. The molecule has 2 aromatic rings. The summed E-state index contributed by atoms with van der Waals surface area (Å²) < 4.78 is 11.7. The number of carbonyl (C=O) groups is 2. The van der Waals surface area contributed by atoms with Crippen molar-refractivity contribution >= 4 is 35.5 Å². The van der Waals surface area contributed by atoms with Gasteiger partial charge in [-0.25, -0.2) is 4.79 Å².